The predicted octanol–water partition coefficient (Wildman–Crippen LogP) is 5.27. The summed E-state index contributed by atoms with van der Waals surface area (Å²) in [6.45, 7) is 9.17. The number of hydrogen-bond acceptors (Lipinski definition) is 10. The second kappa shape index (κ2) is 12.9. The lowest BCUT2D eigenvalue weighted by Crippen LogP contribution is -2.48. The van der Waals surface area contributed by atoms with Gasteiger partial charge in [0.1, 0.15) is 12.4 Å². The number of esters is 1. The molecule has 0 aliphatic carbocycles. The van der Waals surface area contributed by atoms with E-state index in [-0.39, 0.29) is 43.4 Å². The summed E-state index contributed by atoms with van der Waals surface area (Å²) >= 11 is 0. The molecule has 48 heavy (non-hydrogen) atoms. The first-order valence-corrected chi connectivity index (χ1v) is 17.2. The highest BCUT2D eigenvalue weighted by Gasteiger charge is 2.51. The van der Waals surface area contributed by atoms with Crippen LogP contribution < -0.4 is 10.3 Å². The third-order valence-electron chi connectivity index (χ3n) is 10.5. The van der Waals surface area contributed by atoms with Crippen LogP contribution in [0.3, 0.4) is 0 Å². The largest absolute Gasteiger partial charge is 0.509 e. The fraction of sp³-hybridized carbons (Fsp3) is 0.528. The standard InChI is InChI=1S/C36H42N4O8/c1-4-24-25-18-23(47-34(43)39-16-12-22(13-17-39)38-14-8-7-9-15-38)10-11-29(25)37-31-26(24)20-40-30(31)19-28-27(32(40)41)21-46-33(42)36(28,5-2)48-35(44)45-6-3/h10-11,18-19,22H,4-9,12-17,20-21H2,1-3H3/t36-/m0/s1. The minimum Gasteiger partial charge on any atom is -0.457 e. The third-order valence-corrected chi connectivity index (χ3v) is 10.5. The number of piperidine rings is 2. The van der Waals surface area contributed by atoms with Crippen molar-refractivity contribution in [2.45, 2.75) is 90.5 Å². The Bertz CT molecular complexity index is 1840. The second-order valence-electron chi connectivity index (χ2n) is 13.0. The quantitative estimate of drug-likeness (QED) is 0.253. The molecule has 12 nitrogen and oxygen atoms in total. The number of fused-ring (bicyclic) bond motifs is 5. The van der Waals surface area contributed by atoms with Gasteiger partial charge in [0.05, 0.1) is 35.6 Å². The van der Waals surface area contributed by atoms with E-state index in [9.17, 15) is 19.2 Å². The molecule has 254 valence electrons. The summed E-state index contributed by atoms with van der Waals surface area (Å²) in [7, 11) is 0. The molecule has 1 aromatic carbocycles. The van der Waals surface area contributed by atoms with Crippen LogP contribution in [-0.4, -0.2) is 76.4 Å². The Hall–Kier alpha value is -4.45. The molecule has 4 aliphatic heterocycles. The fourth-order valence-electron chi connectivity index (χ4n) is 7.92. The number of pyridine rings is 2. The zero-order chi connectivity index (χ0) is 33.6. The Morgan fingerprint density at radius 2 is 1.77 bits per heavy atom. The van der Waals surface area contributed by atoms with Gasteiger partial charge in [-0.15, -0.1) is 0 Å². The predicted molar refractivity (Wildman–Crippen MR) is 176 cm³/mol. The zero-order valence-electron chi connectivity index (χ0n) is 27.8. The average molecular weight is 659 g/mol. The molecule has 6 heterocycles. The number of amides is 1. The molecule has 3 aromatic rings. The molecule has 0 radical (unpaired) electrons. The van der Waals surface area contributed by atoms with Crippen LogP contribution in [0.15, 0.2) is 29.1 Å². The van der Waals surface area contributed by atoms with E-state index in [1.807, 2.05) is 19.1 Å². The first-order valence-electron chi connectivity index (χ1n) is 17.2. The SMILES string of the molecule is CCOC(=O)O[C@]1(CC)C(=O)OCc2c1cc1n(c2=O)Cc2c-1nc1ccc(OC(=O)N3CCC(N4CCCCC4)CC3)cc1c2CC. The van der Waals surface area contributed by atoms with Gasteiger partial charge in [-0.05, 0) is 88.4 Å². The Balaban J connectivity index is 1.18. The van der Waals surface area contributed by atoms with Crippen LogP contribution in [0.5, 0.6) is 5.75 Å². The van der Waals surface area contributed by atoms with Gasteiger partial charge in [0.25, 0.3) is 5.56 Å². The van der Waals surface area contributed by atoms with Crippen molar-refractivity contribution in [1.82, 2.24) is 19.4 Å². The molecule has 1 amide bonds. The molecule has 0 unspecified atom stereocenters. The van der Waals surface area contributed by atoms with E-state index in [4.69, 9.17) is 23.9 Å². The van der Waals surface area contributed by atoms with Gasteiger partial charge in [-0.25, -0.2) is 19.4 Å². The lowest BCUT2D eigenvalue weighted by Gasteiger charge is -2.39. The Morgan fingerprint density at radius 3 is 2.48 bits per heavy atom. The van der Waals surface area contributed by atoms with E-state index >= 15 is 0 Å². The third kappa shape index (κ3) is 5.39. The van der Waals surface area contributed by atoms with Crippen molar-refractivity contribution in [3.63, 3.8) is 0 Å². The van der Waals surface area contributed by atoms with Crippen LogP contribution >= 0.6 is 0 Å². The van der Waals surface area contributed by atoms with Gasteiger partial charge in [-0.1, -0.05) is 20.3 Å². The number of hydrogen-bond donors (Lipinski definition) is 0. The number of likely N-dealkylation sites (tertiary alicyclic amines) is 2. The van der Waals surface area contributed by atoms with Gasteiger partial charge < -0.3 is 33.3 Å². The normalized spacial score (nSPS) is 20.9. The smallest absolute Gasteiger partial charge is 0.457 e. The molecule has 1 atom stereocenters. The molecule has 0 bridgehead atoms. The van der Waals surface area contributed by atoms with Gasteiger partial charge in [0.2, 0.25) is 5.60 Å². The molecule has 2 fully saturated rings. The molecule has 0 N–H and O–H groups in total. The minimum atomic E-state index is -1.82. The number of nitrogens with zero attached hydrogens (tertiary/aromatic N) is 4. The van der Waals surface area contributed by atoms with Gasteiger partial charge >= 0.3 is 18.2 Å². The molecule has 2 aromatic heterocycles. The molecular formula is C36H42N4O8. The second-order valence-corrected chi connectivity index (χ2v) is 13.0. The van der Waals surface area contributed by atoms with Crippen molar-refractivity contribution in [3.05, 3.63) is 56.9 Å². The molecule has 2 saturated heterocycles. The van der Waals surface area contributed by atoms with E-state index in [2.05, 4.69) is 4.90 Å². The summed E-state index contributed by atoms with van der Waals surface area (Å²) in [5, 5.41) is 0.850. The molecule has 0 saturated carbocycles. The van der Waals surface area contributed by atoms with Gasteiger partial charge in [-0.2, -0.15) is 0 Å². The van der Waals surface area contributed by atoms with Crippen LogP contribution in [0, 0.1) is 0 Å². The summed E-state index contributed by atoms with van der Waals surface area (Å²) in [5.74, 6) is -0.299. The van der Waals surface area contributed by atoms with E-state index in [0.29, 0.717) is 53.8 Å². The first-order chi connectivity index (χ1) is 23.3. The van der Waals surface area contributed by atoms with Crippen LogP contribution in [0.1, 0.15) is 81.5 Å². The van der Waals surface area contributed by atoms with Crippen molar-refractivity contribution < 1.29 is 33.3 Å². The molecule has 7 rings (SSSR count). The number of aryl methyl sites for hydroxylation is 1. The van der Waals surface area contributed by atoms with E-state index in [1.54, 1.807) is 35.4 Å². The maximum Gasteiger partial charge on any atom is 0.509 e. The van der Waals surface area contributed by atoms with Crippen molar-refractivity contribution in [3.8, 4) is 17.1 Å². The lowest BCUT2D eigenvalue weighted by atomic mass is 9.85. The van der Waals surface area contributed by atoms with Crippen molar-refractivity contribution in [2.24, 2.45) is 0 Å². The van der Waals surface area contributed by atoms with Crippen LogP contribution in [0.25, 0.3) is 22.3 Å². The highest BCUT2D eigenvalue weighted by molar-refractivity contribution is 5.90. The summed E-state index contributed by atoms with van der Waals surface area (Å²) in [6, 6.07) is 7.71. The number of rotatable bonds is 6. The van der Waals surface area contributed by atoms with Gasteiger partial charge in [0, 0.05) is 35.6 Å². The number of carbonyl (C=O) groups excluding carboxylic acids is 3. The Morgan fingerprint density at radius 1 is 1.00 bits per heavy atom. The van der Waals surface area contributed by atoms with Crippen molar-refractivity contribution in [1.29, 1.82) is 0 Å². The van der Waals surface area contributed by atoms with Crippen LogP contribution in [0.4, 0.5) is 9.59 Å². The van der Waals surface area contributed by atoms with Gasteiger partial charge in [-0.3, -0.25) is 4.79 Å². The summed E-state index contributed by atoms with van der Waals surface area (Å²) in [6.07, 6.45) is 5.09. The number of aromatic nitrogens is 2. The van der Waals surface area contributed by atoms with E-state index in [0.717, 1.165) is 42.4 Å². The molecule has 0 spiro atoms. The summed E-state index contributed by atoms with van der Waals surface area (Å²) < 4.78 is 23.5. The highest BCUT2D eigenvalue weighted by Crippen LogP contribution is 2.42. The fourth-order valence-corrected chi connectivity index (χ4v) is 7.92. The molecule has 4 aliphatic rings. The van der Waals surface area contributed by atoms with Crippen molar-refractivity contribution >= 4 is 29.1 Å². The maximum absolute atomic E-state index is 13.9. The highest BCUT2D eigenvalue weighted by atomic mass is 16.7. The van der Waals surface area contributed by atoms with E-state index in [1.165, 1.54) is 19.3 Å². The minimum absolute atomic E-state index is 0.0523. The summed E-state index contributed by atoms with van der Waals surface area (Å²) in [5.41, 5.74) is 2.13. The Kier molecular flexibility index (Phi) is 8.61. The van der Waals surface area contributed by atoms with Crippen molar-refractivity contribution in [2.75, 3.05) is 32.8 Å². The number of benzene rings is 1. The number of ether oxygens (including phenoxy) is 4. The van der Waals surface area contributed by atoms with E-state index < -0.39 is 17.7 Å². The zero-order valence-corrected chi connectivity index (χ0v) is 27.8. The first kappa shape index (κ1) is 32.1. The summed E-state index contributed by atoms with van der Waals surface area (Å²) in [4.78, 5) is 62.1. The number of cyclic esters (lactones) is 1. The monoisotopic (exact) mass is 658 g/mol. The molecular weight excluding hydrogens is 616 g/mol. The average Bonchev–Trinajstić information content (AvgIpc) is 3.47. The topological polar surface area (TPSA) is 129 Å². The lowest BCUT2D eigenvalue weighted by molar-refractivity contribution is -0.175. The van der Waals surface area contributed by atoms with Crippen LogP contribution in [-0.2, 0) is 44.2 Å². The number of carbonyl (C=O) groups is 3. The van der Waals surface area contributed by atoms with Gasteiger partial charge in [0.15, 0.2) is 0 Å². The maximum atomic E-state index is 13.9. The Labute approximate surface area is 278 Å². The molecule has 12 heteroatoms. The van der Waals surface area contributed by atoms with Crippen LogP contribution in [0.2, 0.25) is 0 Å².